The minimum absolute atomic E-state index is 0.308. The number of hydrogen-bond acceptors (Lipinski definition) is 3. The number of sulfonamides is 1. The van der Waals surface area contributed by atoms with Crippen molar-refractivity contribution in [3.63, 3.8) is 0 Å². The molecule has 21 heavy (non-hydrogen) atoms. The van der Waals surface area contributed by atoms with Crippen molar-refractivity contribution < 1.29 is 13.2 Å². The Kier molecular flexibility index (Phi) is 5.03. The maximum atomic E-state index is 12.9. The van der Waals surface area contributed by atoms with E-state index in [1.54, 1.807) is 12.3 Å². The minimum Gasteiger partial charge on any atom is -0.378 e. The van der Waals surface area contributed by atoms with Crippen molar-refractivity contribution in [1.29, 1.82) is 0 Å². The summed E-state index contributed by atoms with van der Waals surface area (Å²) in [5, 5.41) is 0. The number of alkyl halides is 1. The number of morpholine rings is 1. The monoisotopic (exact) mass is 334 g/mol. The predicted octanol–water partition coefficient (Wildman–Crippen LogP) is 2.44. The van der Waals surface area contributed by atoms with Crippen LogP contribution in [0.3, 0.4) is 0 Å². The second-order valence-corrected chi connectivity index (χ2v) is 8.07. The van der Waals surface area contributed by atoms with Crippen molar-refractivity contribution in [1.82, 2.24) is 8.87 Å². The van der Waals surface area contributed by atoms with Crippen molar-refractivity contribution in [3.8, 4) is 0 Å². The van der Waals surface area contributed by atoms with Crippen LogP contribution in [0.2, 0.25) is 0 Å². The van der Waals surface area contributed by atoms with Crippen LogP contribution in [0.25, 0.3) is 0 Å². The van der Waals surface area contributed by atoms with Gasteiger partial charge in [-0.1, -0.05) is 6.92 Å². The third kappa shape index (κ3) is 3.28. The lowest BCUT2D eigenvalue weighted by Gasteiger charge is -2.40. The van der Waals surface area contributed by atoms with Crippen LogP contribution < -0.4 is 0 Å². The number of halogens is 1. The lowest BCUT2D eigenvalue weighted by Crippen LogP contribution is -2.55. The SMILES string of the molecule is CCCn1cc(S(=O)(=O)N2CCOCC2(C)C)cc1CCl. The van der Waals surface area contributed by atoms with Crippen molar-refractivity contribution in [2.24, 2.45) is 0 Å². The molecule has 0 aromatic carbocycles. The van der Waals surface area contributed by atoms with E-state index in [0.717, 1.165) is 18.7 Å². The van der Waals surface area contributed by atoms with Gasteiger partial charge in [-0.2, -0.15) is 4.31 Å². The first-order valence-electron chi connectivity index (χ1n) is 7.18. The van der Waals surface area contributed by atoms with Gasteiger partial charge < -0.3 is 9.30 Å². The van der Waals surface area contributed by atoms with E-state index in [2.05, 4.69) is 6.92 Å². The van der Waals surface area contributed by atoms with Gasteiger partial charge in [0.15, 0.2) is 0 Å². The summed E-state index contributed by atoms with van der Waals surface area (Å²) in [7, 11) is -3.53. The van der Waals surface area contributed by atoms with Crippen molar-refractivity contribution >= 4 is 21.6 Å². The number of hydrogen-bond donors (Lipinski definition) is 0. The third-order valence-electron chi connectivity index (χ3n) is 3.72. The highest BCUT2D eigenvalue weighted by molar-refractivity contribution is 7.89. The molecule has 1 aromatic heterocycles. The van der Waals surface area contributed by atoms with Crippen LogP contribution in [0.4, 0.5) is 0 Å². The molecule has 5 nitrogen and oxygen atoms in total. The molecule has 0 spiro atoms. The van der Waals surface area contributed by atoms with Gasteiger partial charge >= 0.3 is 0 Å². The van der Waals surface area contributed by atoms with Gasteiger partial charge in [-0.15, -0.1) is 11.6 Å². The quantitative estimate of drug-likeness (QED) is 0.777. The normalized spacial score (nSPS) is 19.8. The maximum Gasteiger partial charge on any atom is 0.245 e. The molecule has 0 amide bonds. The lowest BCUT2D eigenvalue weighted by molar-refractivity contribution is -0.00770. The van der Waals surface area contributed by atoms with Crippen LogP contribution in [-0.4, -0.2) is 42.6 Å². The molecule has 1 fully saturated rings. The van der Waals surface area contributed by atoms with E-state index in [1.165, 1.54) is 4.31 Å². The Bertz CT molecular complexity index is 595. The smallest absolute Gasteiger partial charge is 0.245 e. The summed E-state index contributed by atoms with van der Waals surface area (Å²) >= 11 is 5.92. The van der Waals surface area contributed by atoms with E-state index in [9.17, 15) is 8.42 Å². The highest BCUT2D eigenvalue weighted by atomic mass is 35.5. The molecule has 1 saturated heterocycles. The fraction of sp³-hybridized carbons (Fsp3) is 0.714. The zero-order valence-corrected chi connectivity index (χ0v) is 14.4. The first-order valence-corrected chi connectivity index (χ1v) is 9.16. The van der Waals surface area contributed by atoms with Crippen molar-refractivity contribution in [3.05, 3.63) is 18.0 Å². The predicted molar refractivity (Wildman–Crippen MR) is 83.1 cm³/mol. The average molecular weight is 335 g/mol. The van der Waals surface area contributed by atoms with Crippen molar-refractivity contribution in [2.45, 2.75) is 50.1 Å². The summed E-state index contributed by atoms with van der Waals surface area (Å²) in [6.45, 7) is 7.81. The van der Waals surface area contributed by atoms with Gasteiger partial charge in [0, 0.05) is 25.0 Å². The van der Waals surface area contributed by atoms with Crippen LogP contribution >= 0.6 is 11.6 Å². The number of ether oxygens (including phenoxy) is 1. The van der Waals surface area contributed by atoms with Crippen LogP contribution in [0.1, 0.15) is 32.9 Å². The van der Waals surface area contributed by atoms with Gasteiger partial charge in [0.25, 0.3) is 0 Å². The lowest BCUT2D eigenvalue weighted by atomic mass is 10.1. The van der Waals surface area contributed by atoms with Crippen LogP contribution in [0.15, 0.2) is 17.2 Å². The summed E-state index contributed by atoms with van der Waals surface area (Å²) in [6, 6.07) is 1.68. The van der Waals surface area contributed by atoms with E-state index >= 15 is 0 Å². The zero-order valence-electron chi connectivity index (χ0n) is 12.8. The molecule has 0 bridgehead atoms. The fourth-order valence-electron chi connectivity index (χ4n) is 2.64. The molecule has 0 saturated carbocycles. The van der Waals surface area contributed by atoms with E-state index < -0.39 is 15.6 Å². The Hall–Kier alpha value is -0.560. The van der Waals surface area contributed by atoms with Gasteiger partial charge in [-0.05, 0) is 26.3 Å². The highest BCUT2D eigenvalue weighted by Gasteiger charge is 2.40. The number of rotatable bonds is 5. The molecule has 7 heteroatoms. The molecule has 1 aromatic rings. The largest absolute Gasteiger partial charge is 0.378 e. The summed E-state index contributed by atoms with van der Waals surface area (Å²) < 4.78 is 34.7. The molecule has 1 aliphatic rings. The van der Waals surface area contributed by atoms with Crippen molar-refractivity contribution in [2.75, 3.05) is 19.8 Å². The number of aryl methyl sites for hydroxylation is 1. The third-order valence-corrected chi connectivity index (χ3v) is 6.07. The summed E-state index contributed by atoms with van der Waals surface area (Å²) in [4.78, 5) is 0.321. The van der Waals surface area contributed by atoms with Gasteiger partial charge in [-0.25, -0.2) is 8.42 Å². The molecule has 0 N–H and O–H groups in total. The Morgan fingerprint density at radius 3 is 2.71 bits per heavy atom. The molecule has 0 atom stereocenters. The minimum atomic E-state index is -3.53. The molecule has 2 rings (SSSR count). The fourth-order valence-corrected chi connectivity index (χ4v) is 4.69. The Balaban J connectivity index is 2.39. The molecular formula is C14H23ClN2O3S. The van der Waals surface area contributed by atoms with Crippen LogP contribution in [0.5, 0.6) is 0 Å². The molecule has 0 unspecified atom stereocenters. The molecular weight excluding hydrogens is 312 g/mol. The Labute approximate surface area is 131 Å². The van der Waals surface area contributed by atoms with Gasteiger partial charge in [0.2, 0.25) is 10.0 Å². The van der Waals surface area contributed by atoms with Crippen LogP contribution in [0, 0.1) is 0 Å². The maximum absolute atomic E-state index is 12.9. The molecule has 0 aliphatic carbocycles. The number of aromatic nitrogens is 1. The standard InChI is InChI=1S/C14H23ClN2O3S/c1-4-5-16-10-13(8-12(16)9-15)21(18,19)17-6-7-20-11-14(17,2)3/h8,10H,4-7,9,11H2,1-3H3. The Morgan fingerprint density at radius 1 is 1.43 bits per heavy atom. The first kappa shape index (κ1) is 16.8. The summed E-state index contributed by atoms with van der Waals surface area (Å²) in [5.74, 6) is 0.308. The second-order valence-electron chi connectivity index (χ2n) is 5.94. The van der Waals surface area contributed by atoms with Crippen LogP contribution in [-0.2, 0) is 27.2 Å². The van der Waals surface area contributed by atoms with Gasteiger partial charge in [-0.3, -0.25) is 0 Å². The highest BCUT2D eigenvalue weighted by Crippen LogP contribution is 2.28. The topological polar surface area (TPSA) is 51.5 Å². The molecule has 120 valence electrons. The second kappa shape index (κ2) is 6.28. The van der Waals surface area contributed by atoms with E-state index in [-0.39, 0.29) is 0 Å². The summed E-state index contributed by atoms with van der Waals surface area (Å²) in [6.07, 6.45) is 2.63. The van der Waals surface area contributed by atoms with E-state index in [1.807, 2.05) is 18.4 Å². The Morgan fingerprint density at radius 2 is 2.14 bits per heavy atom. The average Bonchev–Trinajstić information content (AvgIpc) is 2.82. The first-order chi connectivity index (χ1) is 9.82. The summed E-state index contributed by atoms with van der Waals surface area (Å²) in [5.41, 5.74) is 0.300. The molecule has 0 radical (unpaired) electrons. The van der Waals surface area contributed by atoms with Gasteiger partial charge in [0.05, 0.1) is 24.6 Å². The number of nitrogens with zero attached hydrogens (tertiary/aromatic N) is 2. The van der Waals surface area contributed by atoms with Gasteiger partial charge in [0.1, 0.15) is 4.90 Å². The zero-order chi connectivity index (χ0) is 15.7. The van der Waals surface area contributed by atoms with E-state index in [4.69, 9.17) is 16.3 Å². The van der Waals surface area contributed by atoms with E-state index in [0.29, 0.717) is 30.5 Å². The molecule has 1 aliphatic heterocycles. The molecule has 2 heterocycles.